The van der Waals surface area contributed by atoms with E-state index in [1.807, 2.05) is 25.1 Å². The highest BCUT2D eigenvalue weighted by atomic mass is 35.5. The molecule has 0 spiro atoms. The number of thioether (sulfide) groups is 1. The summed E-state index contributed by atoms with van der Waals surface area (Å²) in [6.07, 6.45) is -0.0275. The number of carbonyl (C=O) groups excluding carboxylic acids is 3. The van der Waals surface area contributed by atoms with Crippen LogP contribution in [0, 0.1) is 0 Å². The normalized spacial score (nSPS) is 15.9. The predicted molar refractivity (Wildman–Crippen MR) is 154 cm³/mol. The first-order chi connectivity index (χ1) is 18.9. The van der Waals surface area contributed by atoms with E-state index in [4.69, 9.17) is 21.1 Å². The molecule has 1 atom stereocenters. The third kappa shape index (κ3) is 7.61. The number of benzene rings is 3. The number of amidine groups is 1. The van der Waals surface area contributed by atoms with Crippen LogP contribution in [0.4, 0.5) is 11.4 Å². The molecule has 0 radical (unpaired) electrons. The fourth-order valence-electron chi connectivity index (χ4n) is 3.85. The number of amides is 2. The van der Waals surface area contributed by atoms with Gasteiger partial charge in [-0.25, -0.2) is 9.79 Å². The minimum absolute atomic E-state index is 0.0275. The molecule has 10 heteroatoms. The van der Waals surface area contributed by atoms with Gasteiger partial charge in [-0.15, -0.1) is 0 Å². The van der Waals surface area contributed by atoms with Crippen LogP contribution in [0.3, 0.4) is 0 Å². The quantitative estimate of drug-likeness (QED) is 0.299. The lowest BCUT2D eigenvalue weighted by molar-refractivity contribution is -0.128. The summed E-state index contributed by atoms with van der Waals surface area (Å²) in [5.74, 6) is -0.264. The molecule has 0 aromatic heterocycles. The third-order valence-corrected chi connectivity index (χ3v) is 7.10. The summed E-state index contributed by atoms with van der Waals surface area (Å²) in [5.41, 5.74) is 2.45. The Labute approximate surface area is 236 Å². The smallest absolute Gasteiger partial charge is 0.338 e. The Balaban J connectivity index is 1.53. The molecule has 1 fully saturated rings. The largest absolute Gasteiger partial charge is 0.494 e. The molecule has 1 aliphatic heterocycles. The molecule has 4 rings (SSSR count). The molecule has 2 amide bonds. The topological polar surface area (TPSA) is 97.3 Å². The van der Waals surface area contributed by atoms with Crippen LogP contribution in [0.2, 0.25) is 5.02 Å². The zero-order valence-electron chi connectivity index (χ0n) is 21.6. The van der Waals surface area contributed by atoms with E-state index in [9.17, 15) is 14.4 Å². The Morgan fingerprint density at radius 2 is 1.77 bits per heavy atom. The number of ether oxygens (including phenoxy) is 2. The lowest BCUT2D eigenvalue weighted by atomic mass is 10.2. The summed E-state index contributed by atoms with van der Waals surface area (Å²) in [7, 11) is 0. The second-order valence-electron chi connectivity index (χ2n) is 8.53. The van der Waals surface area contributed by atoms with Crippen LogP contribution >= 0.6 is 23.4 Å². The van der Waals surface area contributed by atoms with Gasteiger partial charge in [0.1, 0.15) is 11.0 Å². The number of hydrogen-bond donors (Lipinski definition) is 1. The van der Waals surface area contributed by atoms with Crippen LogP contribution in [-0.2, 0) is 20.9 Å². The molecule has 8 nitrogen and oxygen atoms in total. The van der Waals surface area contributed by atoms with Crippen molar-refractivity contribution in [2.45, 2.75) is 32.1 Å². The van der Waals surface area contributed by atoms with E-state index in [1.54, 1.807) is 66.4 Å². The predicted octanol–water partition coefficient (Wildman–Crippen LogP) is 6.08. The maximum Gasteiger partial charge on any atom is 0.338 e. The lowest BCUT2D eigenvalue weighted by Gasteiger charge is -2.17. The summed E-state index contributed by atoms with van der Waals surface area (Å²) in [6, 6.07) is 21.0. The number of esters is 1. The Bertz CT molecular complexity index is 1360. The molecule has 1 aliphatic rings. The van der Waals surface area contributed by atoms with Gasteiger partial charge in [0, 0.05) is 23.2 Å². The van der Waals surface area contributed by atoms with Gasteiger partial charge < -0.3 is 14.8 Å². The van der Waals surface area contributed by atoms with E-state index in [2.05, 4.69) is 10.3 Å². The van der Waals surface area contributed by atoms with Crippen LogP contribution < -0.4 is 10.1 Å². The van der Waals surface area contributed by atoms with Gasteiger partial charge in [-0.05, 0) is 67.9 Å². The van der Waals surface area contributed by atoms with Crippen LogP contribution in [0.1, 0.15) is 36.2 Å². The van der Waals surface area contributed by atoms with Gasteiger partial charge in [0.25, 0.3) is 0 Å². The zero-order valence-corrected chi connectivity index (χ0v) is 23.1. The molecule has 202 valence electrons. The molecule has 3 aromatic carbocycles. The van der Waals surface area contributed by atoms with Gasteiger partial charge in [0.2, 0.25) is 11.8 Å². The maximum atomic E-state index is 13.5. The van der Waals surface area contributed by atoms with Gasteiger partial charge in [0.05, 0.1) is 31.0 Å². The minimum Gasteiger partial charge on any atom is -0.494 e. The average molecular weight is 566 g/mol. The summed E-state index contributed by atoms with van der Waals surface area (Å²) in [4.78, 5) is 44.6. The van der Waals surface area contributed by atoms with Crippen molar-refractivity contribution in [1.82, 2.24) is 4.90 Å². The van der Waals surface area contributed by atoms with Crippen molar-refractivity contribution < 1.29 is 23.9 Å². The molecular formula is C29H28ClN3O5S. The van der Waals surface area contributed by atoms with Gasteiger partial charge in [0.15, 0.2) is 5.17 Å². The molecule has 39 heavy (non-hydrogen) atoms. The summed E-state index contributed by atoms with van der Waals surface area (Å²) >= 11 is 7.26. The summed E-state index contributed by atoms with van der Waals surface area (Å²) in [6.45, 7) is 4.71. The standard InChI is InChI=1S/C29H28ClN3O5S/c1-3-37-24-7-5-6-23(16-24)31-26(34)17-25-27(35)33(18-19-8-12-21(30)13-9-19)29(39-25)32-22-14-10-20(11-15-22)28(36)38-4-2/h5-16,25H,3-4,17-18H2,1-2H3,(H,31,34)/t25-/m1/s1. The van der Waals surface area contributed by atoms with Crippen molar-refractivity contribution in [3.8, 4) is 5.75 Å². The van der Waals surface area contributed by atoms with E-state index in [-0.39, 0.29) is 31.4 Å². The van der Waals surface area contributed by atoms with E-state index in [1.165, 1.54) is 11.8 Å². The van der Waals surface area contributed by atoms with Gasteiger partial charge >= 0.3 is 5.97 Å². The highest BCUT2D eigenvalue weighted by Gasteiger charge is 2.39. The van der Waals surface area contributed by atoms with Crippen LogP contribution in [0.25, 0.3) is 0 Å². The Kier molecular flexibility index (Phi) is 9.62. The average Bonchev–Trinajstić information content (AvgIpc) is 3.19. The third-order valence-electron chi connectivity index (χ3n) is 5.68. The first-order valence-electron chi connectivity index (χ1n) is 12.5. The number of hydrogen-bond acceptors (Lipinski definition) is 7. The van der Waals surface area contributed by atoms with Crippen LogP contribution in [-0.4, -0.2) is 46.3 Å². The van der Waals surface area contributed by atoms with Gasteiger partial charge in [-0.1, -0.05) is 41.6 Å². The highest BCUT2D eigenvalue weighted by Crippen LogP contribution is 2.33. The number of halogens is 1. The van der Waals surface area contributed by atoms with Crippen molar-refractivity contribution in [3.63, 3.8) is 0 Å². The monoisotopic (exact) mass is 565 g/mol. The van der Waals surface area contributed by atoms with Gasteiger partial charge in [-0.3, -0.25) is 14.5 Å². The Morgan fingerprint density at radius 3 is 2.46 bits per heavy atom. The summed E-state index contributed by atoms with van der Waals surface area (Å²) < 4.78 is 10.5. The molecule has 1 heterocycles. The molecule has 1 saturated heterocycles. The number of aliphatic imine (C=N–C) groups is 1. The minimum atomic E-state index is -0.648. The number of nitrogens with zero attached hydrogens (tertiary/aromatic N) is 2. The van der Waals surface area contributed by atoms with Crippen molar-refractivity contribution in [1.29, 1.82) is 0 Å². The molecule has 1 N–H and O–H groups in total. The first kappa shape index (κ1) is 28.2. The van der Waals surface area contributed by atoms with E-state index in [0.29, 0.717) is 39.5 Å². The molecule has 0 bridgehead atoms. The van der Waals surface area contributed by atoms with E-state index >= 15 is 0 Å². The van der Waals surface area contributed by atoms with Crippen LogP contribution in [0.5, 0.6) is 5.75 Å². The van der Waals surface area contributed by atoms with Crippen molar-refractivity contribution >= 4 is 57.7 Å². The maximum absolute atomic E-state index is 13.5. The van der Waals surface area contributed by atoms with Crippen LogP contribution in [0.15, 0.2) is 77.8 Å². The zero-order chi connectivity index (χ0) is 27.8. The molecule has 0 unspecified atom stereocenters. The molecular weight excluding hydrogens is 538 g/mol. The second-order valence-corrected chi connectivity index (χ2v) is 10.1. The van der Waals surface area contributed by atoms with E-state index in [0.717, 1.165) is 5.56 Å². The fraction of sp³-hybridized carbons (Fsp3) is 0.241. The summed E-state index contributed by atoms with van der Waals surface area (Å²) in [5, 5.41) is 3.27. The number of carbonyl (C=O) groups is 3. The van der Waals surface area contributed by atoms with E-state index < -0.39 is 11.2 Å². The number of nitrogens with one attached hydrogen (secondary N) is 1. The number of anilines is 1. The van der Waals surface area contributed by atoms with Crippen molar-refractivity contribution in [2.75, 3.05) is 18.5 Å². The first-order valence-corrected chi connectivity index (χ1v) is 13.7. The van der Waals surface area contributed by atoms with Crippen molar-refractivity contribution in [3.05, 3.63) is 88.9 Å². The Hall–Kier alpha value is -3.82. The SMILES string of the molecule is CCOC(=O)c1ccc(N=C2S[C@H](CC(=O)Nc3cccc(OCC)c3)C(=O)N2Cc2ccc(Cl)cc2)cc1. The second kappa shape index (κ2) is 13.3. The highest BCUT2D eigenvalue weighted by molar-refractivity contribution is 8.15. The molecule has 3 aromatic rings. The molecule has 0 saturated carbocycles. The van der Waals surface area contributed by atoms with Gasteiger partial charge in [-0.2, -0.15) is 0 Å². The van der Waals surface area contributed by atoms with Crippen molar-refractivity contribution in [2.24, 2.45) is 4.99 Å². The lowest BCUT2D eigenvalue weighted by Crippen LogP contribution is -2.33. The number of rotatable bonds is 10. The Morgan fingerprint density at radius 1 is 1.03 bits per heavy atom. The fourth-order valence-corrected chi connectivity index (χ4v) is 5.13. The molecule has 0 aliphatic carbocycles.